The fourth-order valence-electron chi connectivity index (χ4n) is 2.76. The van der Waals surface area contributed by atoms with Crippen LogP contribution in [-0.4, -0.2) is 88.3 Å². The van der Waals surface area contributed by atoms with Crippen molar-refractivity contribution in [2.75, 3.05) is 13.2 Å². The number of nitrogens with one attached hydrogen (secondary N) is 3. The number of hydrogen-bond acceptors (Lipinski definition) is 8. The van der Waals surface area contributed by atoms with Crippen LogP contribution in [0.5, 0.6) is 0 Å². The molecule has 194 valence electrons. The highest BCUT2D eigenvalue weighted by Gasteiger charge is 2.30. The minimum atomic E-state index is -1.59. The summed E-state index contributed by atoms with van der Waals surface area (Å²) < 4.78 is 0. The molecule has 0 aliphatic rings. The standard InChI is InChI=1S/C19H35N7O8/c1-9(2)6-12(25-15(30)10(20)7-14(28)29)17(32)24-11(4-3-5-23-19(21)22)16(31)26-13(8-27)18(33)34/h9-13,27H,3-8,20H2,1-2H3,(H,24,32)(H,25,30)(H,26,31)(H,28,29)(H,33,34)(H4,21,22,23). The number of carboxylic acids is 2. The van der Waals surface area contributed by atoms with Crippen molar-refractivity contribution in [2.45, 2.75) is 63.7 Å². The molecule has 12 N–H and O–H groups in total. The number of carboxylic acid groups (broad SMARTS) is 2. The second-order valence-electron chi connectivity index (χ2n) is 7.99. The van der Waals surface area contributed by atoms with Crippen molar-refractivity contribution in [3.05, 3.63) is 0 Å². The molecule has 15 heteroatoms. The Morgan fingerprint density at radius 1 is 0.882 bits per heavy atom. The summed E-state index contributed by atoms with van der Waals surface area (Å²) in [6.45, 7) is 2.81. The van der Waals surface area contributed by atoms with Gasteiger partial charge in [0, 0.05) is 6.54 Å². The van der Waals surface area contributed by atoms with Gasteiger partial charge in [-0.2, -0.15) is 0 Å². The number of aliphatic hydroxyl groups is 1. The van der Waals surface area contributed by atoms with Gasteiger partial charge in [-0.1, -0.05) is 13.8 Å². The predicted octanol–water partition coefficient (Wildman–Crippen LogP) is -3.58. The van der Waals surface area contributed by atoms with Crippen LogP contribution < -0.4 is 33.2 Å². The fraction of sp³-hybridized carbons (Fsp3) is 0.684. The highest BCUT2D eigenvalue weighted by atomic mass is 16.4. The Morgan fingerprint density at radius 2 is 1.41 bits per heavy atom. The van der Waals surface area contributed by atoms with Gasteiger partial charge in [0.05, 0.1) is 19.1 Å². The van der Waals surface area contributed by atoms with Gasteiger partial charge in [0.25, 0.3) is 0 Å². The molecule has 0 fully saturated rings. The van der Waals surface area contributed by atoms with Crippen LogP contribution in [0.1, 0.15) is 39.5 Å². The molecule has 34 heavy (non-hydrogen) atoms. The molecular formula is C19H35N7O8. The zero-order valence-corrected chi connectivity index (χ0v) is 19.2. The van der Waals surface area contributed by atoms with Crippen LogP contribution >= 0.6 is 0 Å². The van der Waals surface area contributed by atoms with Crippen LogP contribution in [0.25, 0.3) is 0 Å². The number of carbonyl (C=O) groups is 5. The number of guanidine groups is 1. The lowest BCUT2D eigenvalue weighted by Gasteiger charge is -2.25. The van der Waals surface area contributed by atoms with Gasteiger partial charge in [-0.25, -0.2) is 4.79 Å². The Bertz CT molecular complexity index is 755. The van der Waals surface area contributed by atoms with Gasteiger partial charge in [0.1, 0.15) is 18.1 Å². The molecule has 0 aromatic carbocycles. The minimum absolute atomic E-state index is 0.00694. The average molecular weight is 490 g/mol. The van der Waals surface area contributed by atoms with Crippen molar-refractivity contribution in [3.8, 4) is 0 Å². The van der Waals surface area contributed by atoms with Gasteiger partial charge in [0.2, 0.25) is 17.7 Å². The molecule has 0 aliphatic carbocycles. The van der Waals surface area contributed by atoms with E-state index in [4.69, 9.17) is 32.5 Å². The first-order valence-corrected chi connectivity index (χ1v) is 10.6. The maximum absolute atomic E-state index is 12.9. The molecule has 0 aromatic rings. The maximum Gasteiger partial charge on any atom is 0.328 e. The summed E-state index contributed by atoms with van der Waals surface area (Å²) in [6.07, 6.45) is -0.256. The molecule has 0 spiro atoms. The van der Waals surface area contributed by atoms with E-state index in [-0.39, 0.29) is 37.7 Å². The first kappa shape index (κ1) is 30.5. The molecule has 0 saturated carbocycles. The molecule has 4 atom stereocenters. The third-order valence-corrected chi connectivity index (χ3v) is 4.45. The van der Waals surface area contributed by atoms with E-state index >= 15 is 0 Å². The first-order chi connectivity index (χ1) is 15.8. The quantitative estimate of drug-likeness (QED) is 0.0580. The van der Waals surface area contributed by atoms with Crippen molar-refractivity contribution >= 4 is 35.6 Å². The smallest absolute Gasteiger partial charge is 0.328 e. The van der Waals surface area contributed by atoms with Gasteiger partial charge in [-0.15, -0.1) is 0 Å². The van der Waals surface area contributed by atoms with Gasteiger partial charge in [-0.3, -0.25) is 24.2 Å². The molecule has 0 aliphatic heterocycles. The summed E-state index contributed by atoms with van der Waals surface area (Å²) in [7, 11) is 0. The number of aliphatic imine (C=N–C) groups is 1. The SMILES string of the molecule is CC(C)CC(NC(=O)C(N)CC(=O)O)C(=O)NC(CCCN=C(N)N)C(=O)NC(CO)C(=O)O. The summed E-state index contributed by atoms with van der Waals surface area (Å²) in [4.78, 5) is 63.5. The number of aliphatic hydroxyl groups excluding tert-OH is 1. The molecule has 0 heterocycles. The van der Waals surface area contributed by atoms with Gasteiger partial charge in [-0.05, 0) is 25.2 Å². The maximum atomic E-state index is 12.9. The molecule has 0 rings (SSSR count). The van der Waals surface area contributed by atoms with Crippen LogP contribution in [0.15, 0.2) is 4.99 Å². The molecule has 0 radical (unpaired) electrons. The third-order valence-electron chi connectivity index (χ3n) is 4.45. The number of nitrogens with two attached hydrogens (primary N) is 3. The van der Waals surface area contributed by atoms with E-state index in [1.165, 1.54) is 0 Å². The van der Waals surface area contributed by atoms with Crippen molar-refractivity contribution in [3.63, 3.8) is 0 Å². The van der Waals surface area contributed by atoms with Crippen LogP contribution in [-0.2, 0) is 24.0 Å². The van der Waals surface area contributed by atoms with Crippen molar-refractivity contribution in [1.29, 1.82) is 0 Å². The lowest BCUT2D eigenvalue weighted by molar-refractivity contribution is -0.143. The second kappa shape index (κ2) is 15.4. The van der Waals surface area contributed by atoms with E-state index in [1.54, 1.807) is 13.8 Å². The number of amides is 3. The number of rotatable bonds is 16. The van der Waals surface area contributed by atoms with Crippen molar-refractivity contribution in [1.82, 2.24) is 16.0 Å². The highest BCUT2D eigenvalue weighted by Crippen LogP contribution is 2.08. The van der Waals surface area contributed by atoms with Crippen molar-refractivity contribution in [2.24, 2.45) is 28.1 Å². The van der Waals surface area contributed by atoms with E-state index in [0.29, 0.717) is 0 Å². The largest absolute Gasteiger partial charge is 0.481 e. The summed E-state index contributed by atoms with van der Waals surface area (Å²) in [5.74, 6) is -5.51. The molecular weight excluding hydrogens is 454 g/mol. The highest BCUT2D eigenvalue weighted by molar-refractivity contribution is 5.94. The lowest BCUT2D eigenvalue weighted by atomic mass is 10.0. The van der Waals surface area contributed by atoms with Crippen LogP contribution in [0.4, 0.5) is 0 Å². The molecule has 4 unspecified atom stereocenters. The monoisotopic (exact) mass is 489 g/mol. The van der Waals surface area contributed by atoms with Crippen LogP contribution in [0, 0.1) is 5.92 Å². The van der Waals surface area contributed by atoms with E-state index in [2.05, 4.69) is 20.9 Å². The topological polar surface area (TPSA) is 273 Å². The van der Waals surface area contributed by atoms with E-state index in [1.807, 2.05) is 0 Å². The number of nitrogens with zero attached hydrogens (tertiary/aromatic N) is 1. The van der Waals surface area contributed by atoms with Crippen molar-refractivity contribution < 1.29 is 39.3 Å². The number of aliphatic carboxylic acids is 2. The lowest BCUT2D eigenvalue weighted by Crippen LogP contribution is -2.57. The van der Waals surface area contributed by atoms with E-state index in [9.17, 15) is 24.0 Å². The molecule has 0 aromatic heterocycles. The number of carbonyl (C=O) groups excluding carboxylic acids is 3. The molecule has 15 nitrogen and oxygen atoms in total. The number of hydrogen-bond donors (Lipinski definition) is 9. The van der Waals surface area contributed by atoms with Crippen LogP contribution in [0.2, 0.25) is 0 Å². The summed E-state index contributed by atoms with van der Waals surface area (Å²) >= 11 is 0. The summed E-state index contributed by atoms with van der Waals surface area (Å²) in [6, 6.07) is -5.37. The van der Waals surface area contributed by atoms with Crippen LogP contribution in [0.3, 0.4) is 0 Å². The second-order valence-corrected chi connectivity index (χ2v) is 7.99. The molecule has 0 bridgehead atoms. The van der Waals surface area contributed by atoms with E-state index < -0.39 is 66.9 Å². The zero-order valence-electron chi connectivity index (χ0n) is 19.2. The normalized spacial score (nSPS) is 14.3. The third kappa shape index (κ3) is 12.5. The Hall–Kier alpha value is -3.46. The Labute approximate surface area is 196 Å². The Kier molecular flexibility index (Phi) is 13.8. The minimum Gasteiger partial charge on any atom is -0.481 e. The van der Waals surface area contributed by atoms with Gasteiger partial charge < -0.3 is 48.5 Å². The summed E-state index contributed by atoms with van der Waals surface area (Å²) in [5.41, 5.74) is 16.1. The Balaban J connectivity index is 5.53. The van der Waals surface area contributed by atoms with Gasteiger partial charge in [0.15, 0.2) is 5.96 Å². The van der Waals surface area contributed by atoms with Gasteiger partial charge >= 0.3 is 11.9 Å². The predicted molar refractivity (Wildman–Crippen MR) is 120 cm³/mol. The first-order valence-electron chi connectivity index (χ1n) is 10.6. The average Bonchev–Trinajstić information content (AvgIpc) is 2.71. The fourth-order valence-corrected chi connectivity index (χ4v) is 2.76. The Morgan fingerprint density at radius 3 is 1.88 bits per heavy atom. The molecule has 3 amide bonds. The summed E-state index contributed by atoms with van der Waals surface area (Å²) in [5, 5.41) is 34.0. The molecule has 0 saturated heterocycles. The van der Waals surface area contributed by atoms with E-state index in [0.717, 1.165) is 0 Å². The zero-order chi connectivity index (χ0) is 26.4.